The Morgan fingerprint density at radius 2 is 1.92 bits per heavy atom. The number of methoxy groups -OCH3 is 1. The van der Waals surface area contributed by atoms with E-state index in [1.54, 1.807) is 17.3 Å². The number of amides is 2. The average Bonchev–Trinajstić information content (AvgIpc) is 3.06. The van der Waals surface area contributed by atoms with E-state index >= 15 is 0 Å². The van der Waals surface area contributed by atoms with E-state index in [0.29, 0.717) is 24.8 Å². The summed E-state index contributed by atoms with van der Waals surface area (Å²) in [5, 5.41) is 2.90. The highest BCUT2D eigenvalue weighted by molar-refractivity contribution is 5.89. The molecule has 2 aromatic rings. The van der Waals surface area contributed by atoms with E-state index in [1.807, 2.05) is 31.2 Å². The molecule has 1 aliphatic heterocycles. The number of nitrogens with one attached hydrogen (secondary N) is 1. The molecule has 7 nitrogen and oxygen atoms in total. The quantitative estimate of drug-likeness (QED) is 0.933. The summed E-state index contributed by atoms with van der Waals surface area (Å²) in [5.41, 5.74) is 1.94. The van der Waals surface area contributed by atoms with Gasteiger partial charge in [-0.2, -0.15) is 0 Å². The normalized spacial score (nSPS) is 16.8. The Bertz CT molecular complexity index is 705. The van der Waals surface area contributed by atoms with Gasteiger partial charge in [0.1, 0.15) is 6.10 Å². The van der Waals surface area contributed by atoms with Crippen molar-refractivity contribution in [2.45, 2.75) is 19.4 Å². The lowest BCUT2D eigenvalue weighted by atomic mass is 10.2. The molecule has 1 aliphatic rings. The van der Waals surface area contributed by atoms with E-state index in [2.05, 4.69) is 15.3 Å². The average molecular weight is 328 g/mol. The van der Waals surface area contributed by atoms with Gasteiger partial charge in [0, 0.05) is 31.0 Å². The first kappa shape index (κ1) is 16.0. The van der Waals surface area contributed by atoms with Crippen molar-refractivity contribution < 1.29 is 14.3 Å². The van der Waals surface area contributed by atoms with Gasteiger partial charge in [0.05, 0.1) is 13.7 Å². The second-order valence-corrected chi connectivity index (χ2v) is 5.64. The van der Waals surface area contributed by atoms with Crippen LogP contribution in [0.25, 0.3) is 0 Å². The zero-order valence-corrected chi connectivity index (χ0v) is 13.7. The molecular weight excluding hydrogens is 308 g/mol. The van der Waals surface area contributed by atoms with Crippen LogP contribution in [-0.2, 0) is 0 Å². The number of hydrogen-bond acceptors (Lipinski definition) is 5. The smallest absolute Gasteiger partial charge is 0.321 e. The fourth-order valence-electron chi connectivity index (χ4n) is 2.54. The van der Waals surface area contributed by atoms with Gasteiger partial charge in [-0.3, -0.25) is 0 Å². The Balaban J connectivity index is 1.56. The predicted molar refractivity (Wildman–Crippen MR) is 89.4 cm³/mol. The molecule has 1 unspecified atom stereocenters. The topological polar surface area (TPSA) is 76.6 Å². The number of benzene rings is 1. The Labute approximate surface area is 140 Å². The number of carbonyl (C=O) groups is 1. The molecule has 0 saturated carbocycles. The second-order valence-electron chi connectivity index (χ2n) is 5.64. The van der Waals surface area contributed by atoms with E-state index in [9.17, 15) is 4.79 Å². The summed E-state index contributed by atoms with van der Waals surface area (Å²) in [6, 6.07) is 7.58. The first-order valence-corrected chi connectivity index (χ1v) is 7.80. The maximum absolute atomic E-state index is 12.3. The van der Waals surface area contributed by atoms with Crippen molar-refractivity contribution in [2.24, 2.45) is 0 Å². The maximum Gasteiger partial charge on any atom is 0.321 e. The fraction of sp³-hybridized carbons (Fsp3) is 0.353. The number of carbonyl (C=O) groups excluding carboxylic acids is 1. The van der Waals surface area contributed by atoms with Crippen LogP contribution in [0.3, 0.4) is 0 Å². The van der Waals surface area contributed by atoms with E-state index < -0.39 is 0 Å². The largest absolute Gasteiger partial charge is 0.477 e. The van der Waals surface area contributed by atoms with Gasteiger partial charge in [-0.15, -0.1) is 0 Å². The summed E-state index contributed by atoms with van der Waals surface area (Å²) in [7, 11) is 1.52. The van der Waals surface area contributed by atoms with Crippen LogP contribution in [0.15, 0.2) is 36.7 Å². The van der Waals surface area contributed by atoms with Gasteiger partial charge in [-0.05, 0) is 19.1 Å². The molecule has 0 spiro atoms. The Morgan fingerprint density at radius 3 is 2.62 bits per heavy atom. The maximum atomic E-state index is 12.3. The van der Waals surface area contributed by atoms with Crippen molar-refractivity contribution in [3.8, 4) is 11.8 Å². The summed E-state index contributed by atoms with van der Waals surface area (Å²) in [6.07, 6.45) is 3.71. The second kappa shape index (κ2) is 7.16. The van der Waals surface area contributed by atoms with Gasteiger partial charge >= 0.3 is 6.03 Å². The molecule has 3 rings (SSSR count). The Morgan fingerprint density at radius 1 is 1.21 bits per heavy atom. The van der Waals surface area contributed by atoms with Crippen LogP contribution in [0, 0.1) is 6.92 Å². The standard InChI is InChI=1S/C17H20N4O3/c1-12-3-5-13(6-4-12)20-17(22)21-10-7-14(11-21)24-16-15(23-2)18-8-9-19-16/h3-6,8-9,14H,7,10-11H2,1-2H3,(H,20,22). The van der Waals surface area contributed by atoms with Crippen LogP contribution >= 0.6 is 0 Å². The molecule has 1 fully saturated rings. The molecule has 126 valence electrons. The molecule has 1 aromatic heterocycles. The van der Waals surface area contributed by atoms with Crippen molar-refractivity contribution in [3.63, 3.8) is 0 Å². The zero-order valence-electron chi connectivity index (χ0n) is 13.7. The molecule has 1 saturated heterocycles. The van der Waals surface area contributed by atoms with E-state index in [0.717, 1.165) is 17.7 Å². The number of anilines is 1. The highest BCUT2D eigenvalue weighted by atomic mass is 16.5. The summed E-state index contributed by atoms with van der Waals surface area (Å²) in [5.74, 6) is 0.700. The molecule has 0 bridgehead atoms. The minimum atomic E-state index is -0.129. The number of aryl methyl sites for hydroxylation is 1. The Hall–Kier alpha value is -2.83. The summed E-state index contributed by atoms with van der Waals surface area (Å²) in [6.45, 7) is 3.14. The molecular formula is C17H20N4O3. The van der Waals surface area contributed by atoms with Gasteiger partial charge in [-0.25, -0.2) is 14.8 Å². The van der Waals surface area contributed by atoms with Gasteiger partial charge in [-0.1, -0.05) is 17.7 Å². The molecule has 2 amide bonds. The SMILES string of the molecule is COc1nccnc1OC1CCN(C(=O)Nc2ccc(C)cc2)C1. The van der Waals surface area contributed by atoms with Gasteiger partial charge in [0.25, 0.3) is 11.8 Å². The summed E-state index contributed by atoms with van der Waals surface area (Å²) < 4.78 is 11.0. The number of nitrogens with zero attached hydrogens (tertiary/aromatic N) is 3. The van der Waals surface area contributed by atoms with Crippen LogP contribution in [0.4, 0.5) is 10.5 Å². The third-order valence-corrected chi connectivity index (χ3v) is 3.84. The van der Waals surface area contributed by atoms with Crippen molar-refractivity contribution in [3.05, 3.63) is 42.2 Å². The summed E-state index contributed by atoms with van der Waals surface area (Å²) in [4.78, 5) is 22.2. The third kappa shape index (κ3) is 3.73. The highest BCUT2D eigenvalue weighted by Gasteiger charge is 2.28. The van der Waals surface area contributed by atoms with Gasteiger partial charge in [0.15, 0.2) is 0 Å². The molecule has 0 aliphatic carbocycles. The van der Waals surface area contributed by atoms with E-state index in [-0.39, 0.29) is 12.1 Å². The number of aromatic nitrogens is 2. The molecule has 7 heteroatoms. The van der Waals surface area contributed by atoms with E-state index in [1.165, 1.54) is 7.11 Å². The van der Waals surface area contributed by atoms with Crippen LogP contribution in [0.1, 0.15) is 12.0 Å². The number of urea groups is 1. The monoisotopic (exact) mass is 328 g/mol. The Kier molecular flexibility index (Phi) is 4.79. The van der Waals surface area contributed by atoms with Crippen molar-refractivity contribution in [1.82, 2.24) is 14.9 Å². The minimum Gasteiger partial charge on any atom is -0.477 e. The minimum absolute atomic E-state index is 0.126. The molecule has 1 aromatic carbocycles. The lowest BCUT2D eigenvalue weighted by molar-refractivity contribution is 0.182. The molecule has 0 radical (unpaired) electrons. The lowest BCUT2D eigenvalue weighted by Gasteiger charge is -2.18. The molecule has 1 N–H and O–H groups in total. The van der Waals surface area contributed by atoms with Crippen LogP contribution in [-0.4, -0.2) is 47.2 Å². The van der Waals surface area contributed by atoms with Crippen molar-refractivity contribution in [2.75, 3.05) is 25.5 Å². The first-order chi connectivity index (χ1) is 11.7. The number of likely N-dealkylation sites (tertiary alicyclic amines) is 1. The molecule has 2 heterocycles. The molecule has 1 atom stereocenters. The number of rotatable bonds is 4. The van der Waals surface area contributed by atoms with Crippen LogP contribution in [0.2, 0.25) is 0 Å². The first-order valence-electron chi connectivity index (χ1n) is 7.80. The van der Waals surface area contributed by atoms with Crippen LogP contribution < -0.4 is 14.8 Å². The predicted octanol–water partition coefficient (Wildman–Crippen LogP) is 2.48. The van der Waals surface area contributed by atoms with Crippen LogP contribution in [0.5, 0.6) is 11.8 Å². The zero-order chi connectivity index (χ0) is 16.9. The van der Waals surface area contributed by atoms with Gasteiger partial charge in [0.2, 0.25) is 0 Å². The van der Waals surface area contributed by atoms with Crippen molar-refractivity contribution in [1.29, 1.82) is 0 Å². The van der Waals surface area contributed by atoms with Crippen molar-refractivity contribution >= 4 is 11.7 Å². The van der Waals surface area contributed by atoms with E-state index in [4.69, 9.17) is 9.47 Å². The molecule has 24 heavy (non-hydrogen) atoms. The summed E-state index contributed by atoms with van der Waals surface area (Å²) >= 11 is 0. The van der Waals surface area contributed by atoms with Gasteiger partial charge < -0.3 is 19.7 Å². The fourth-order valence-corrected chi connectivity index (χ4v) is 2.54. The lowest BCUT2D eigenvalue weighted by Crippen LogP contribution is -2.34. The highest BCUT2D eigenvalue weighted by Crippen LogP contribution is 2.24. The third-order valence-electron chi connectivity index (χ3n) is 3.84. The number of hydrogen-bond donors (Lipinski definition) is 1. The number of ether oxygens (including phenoxy) is 2.